The summed E-state index contributed by atoms with van der Waals surface area (Å²) >= 11 is 0. The molecule has 1 heterocycles. The van der Waals surface area contributed by atoms with E-state index in [1.54, 1.807) is 7.11 Å². The Hall–Kier alpha value is -1.32. The van der Waals surface area contributed by atoms with Crippen molar-refractivity contribution in [2.75, 3.05) is 13.7 Å². The van der Waals surface area contributed by atoms with E-state index < -0.39 is 0 Å². The van der Waals surface area contributed by atoms with E-state index in [9.17, 15) is 0 Å². The predicted octanol–water partition coefficient (Wildman–Crippen LogP) is 2.54. The molecule has 0 aliphatic heterocycles. The van der Waals surface area contributed by atoms with Gasteiger partial charge in [0.15, 0.2) is 0 Å². The molecule has 3 heteroatoms. The van der Waals surface area contributed by atoms with Gasteiger partial charge in [-0.15, -0.1) is 0 Å². The third kappa shape index (κ3) is 2.57. The molecule has 1 saturated carbocycles. The fourth-order valence-corrected chi connectivity index (χ4v) is 2.29. The van der Waals surface area contributed by atoms with Gasteiger partial charge in [-0.05, 0) is 42.0 Å². The lowest BCUT2D eigenvalue weighted by atomic mass is 10.1. The molecule has 1 aromatic heterocycles. The van der Waals surface area contributed by atoms with Gasteiger partial charge in [-0.1, -0.05) is 6.07 Å². The van der Waals surface area contributed by atoms with Crippen LogP contribution in [0.2, 0.25) is 0 Å². The zero-order valence-electron chi connectivity index (χ0n) is 10.9. The number of fused-ring (bicyclic) bond motifs is 1. The molecule has 0 amide bonds. The molecule has 1 aromatic carbocycles. The summed E-state index contributed by atoms with van der Waals surface area (Å²) in [6.07, 6.45) is 4.83. The number of rotatable bonds is 6. The fourth-order valence-electron chi connectivity index (χ4n) is 2.29. The minimum Gasteiger partial charge on any atom is -0.383 e. The minimum atomic E-state index is 0.759. The summed E-state index contributed by atoms with van der Waals surface area (Å²) in [6.45, 7) is 2.66. The number of aromatic nitrogens is 1. The first-order valence-electron chi connectivity index (χ1n) is 6.67. The molecule has 0 spiro atoms. The van der Waals surface area contributed by atoms with Gasteiger partial charge < -0.3 is 14.6 Å². The summed E-state index contributed by atoms with van der Waals surface area (Å²) in [5.41, 5.74) is 2.67. The van der Waals surface area contributed by atoms with E-state index in [0.717, 1.165) is 25.7 Å². The molecule has 1 N–H and O–H groups in total. The molecular weight excluding hydrogens is 224 g/mol. The van der Waals surface area contributed by atoms with Crippen LogP contribution in [-0.4, -0.2) is 24.3 Å². The topological polar surface area (TPSA) is 26.2 Å². The zero-order chi connectivity index (χ0) is 12.4. The first-order chi connectivity index (χ1) is 8.86. The van der Waals surface area contributed by atoms with Gasteiger partial charge in [-0.2, -0.15) is 0 Å². The lowest BCUT2D eigenvalue weighted by Gasteiger charge is -2.06. The normalized spacial score (nSPS) is 15.4. The van der Waals surface area contributed by atoms with Gasteiger partial charge in [-0.3, -0.25) is 0 Å². The Labute approximate surface area is 108 Å². The van der Waals surface area contributed by atoms with Gasteiger partial charge in [0.1, 0.15) is 0 Å². The maximum atomic E-state index is 5.13. The molecule has 0 unspecified atom stereocenters. The van der Waals surface area contributed by atoms with Crippen LogP contribution >= 0.6 is 0 Å². The van der Waals surface area contributed by atoms with Gasteiger partial charge in [-0.25, -0.2) is 0 Å². The third-order valence-corrected chi connectivity index (χ3v) is 3.54. The standard InChI is InChI=1S/C15H20N2O/c1-18-9-8-17-7-6-13-10-12(2-5-15(13)17)11-16-14-3-4-14/h2,5-7,10,14,16H,3-4,8-9,11H2,1H3. The molecule has 0 atom stereocenters. The Morgan fingerprint density at radius 1 is 1.33 bits per heavy atom. The number of nitrogens with one attached hydrogen (secondary N) is 1. The molecule has 1 fully saturated rings. The van der Waals surface area contributed by atoms with E-state index in [2.05, 4.69) is 40.3 Å². The highest BCUT2D eigenvalue weighted by Gasteiger charge is 2.19. The summed E-state index contributed by atoms with van der Waals surface area (Å²) in [5.74, 6) is 0. The molecule has 0 radical (unpaired) electrons. The SMILES string of the molecule is COCCn1ccc2cc(CNC3CC3)ccc21. The monoisotopic (exact) mass is 244 g/mol. The second-order valence-corrected chi connectivity index (χ2v) is 5.05. The van der Waals surface area contributed by atoms with Gasteiger partial charge >= 0.3 is 0 Å². The molecule has 1 aliphatic carbocycles. The number of nitrogens with zero attached hydrogens (tertiary/aromatic N) is 1. The Kier molecular flexibility index (Phi) is 3.35. The number of ether oxygens (including phenoxy) is 1. The quantitative estimate of drug-likeness (QED) is 0.845. The lowest BCUT2D eigenvalue weighted by Crippen LogP contribution is -2.15. The average Bonchev–Trinajstić information content (AvgIpc) is 3.14. The van der Waals surface area contributed by atoms with Gasteiger partial charge in [0, 0.05) is 38.0 Å². The van der Waals surface area contributed by atoms with Crippen LogP contribution in [-0.2, 0) is 17.8 Å². The van der Waals surface area contributed by atoms with E-state index >= 15 is 0 Å². The van der Waals surface area contributed by atoms with Crippen molar-refractivity contribution in [3.05, 3.63) is 36.0 Å². The smallest absolute Gasteiger partial charge is 0.0641 e. The van der Waals surface area contributed by atoms with E-state index in [1.807, 2.05) is 0 Å². The Balaban J connectivity index is 1.75. The summed E-state index contributed by atoms with van der Waals surface area (Å²) in [4.78, 5) is 0. The first-order valence-corrected chi connectivity index (χ1v) is 6.67. The second kappa shape index (κ2) is 5.12. The summed E-state index contributed by atoms with van der Waals surface area (Å²) in [6, 6.07) is 9.68. The molecule has 2 aromatic rings. The molecule has 3 nitrogen and oxygen atoms in total. The highest BCUT2D eigenvalue weighted by Crippen LogP contribution is 2.21. The molecule has 1 aliphatic rings. The number of hydrogen-bond acceptors (Lipinski definition) is 2. The molecule has 18 heavy (non-hydrogen) atoms. The Morgan fingerprint density at radius 3 is 3.00 bits per heavy atom. The maximum absolute atomic E-state index is 5.13. The van der Waals surface area contributed by atoms with Crippen molar-refractivity contribution in [2.45, 2.75) is 32.0 Å². The number of methoxy groups -OCH3 is 1. The second-order valence-electron chi connectivity index (χ2n) is 5.05. The van der Waals surface area contributed by atoms with Crippen molar-refractivity contribution in [3.63, 3.8) is 0 Å². The largest absolute Gasteiger partial charge is 0.383 e. The molecule has 96 valence electrons. The Bertz CT molecular complexity index is 528. The van der Waals surface area contributed by atoms with Crippen molar-refractivity contribution in [1.82, 2.24) is 9.88 Å². The van der Waals surface area contributed by atoms with Crippen LogP contribution in [0.3, 0.4) is 0 Å². The van der Waals surface area contributed by atoms with Crippen LogP contribution in [0.5, 0.6) is 0 Å². The highest BCUT2D eigenvalue weighted by molar-refractivity contribution is 5.80. The summed E-state index contributed by atoms with van der Waals surface area (Å²) in [5, 5.41) is 4.87. The van der Waals surface area contributed by atoms with Gasteiger partial charge in [0.25, 0.3) is 0 Å². The van der Waals surface area contributed by atoms with E-state index in [0.29, 0.717) is 0 Å². The lowest BCUT2D eigenvalue weighted by molar-refractivity contribution is 0.188. The molecule has 3 rings (SSSR count). The minimum absolute atomic E-state index is 0.759. The zero-order valence-corrected chi connectivity index (χ0v) is 10.9. The highest BCUT2D eigenvalue weighted by atomic mass is 16.5. The average molecular weight is 244 g/mol. The van der Waals surface area contributed by atoms with Crippen molar-refractivity contribution in [3.8, 4) is 0 Å². The molecule has 0 saturated heterocycles. The van der Waals surface area contributed by atoms with Crippen LogP contribution in [0.4, 0.5) is 0 Å². The van der Waals surface area contributed by atoms with Crippen molar-refractivity contribution >= 4 is 10.9 Å². The van der Waals surface area contributed by atoms with Crippen molar-refractivity contribution in [1.29, 1.82) is 0 Å². The van der Waals surface area contributed by atoms with Crippen LogP contribution < -0.4 is 5.32 Å². The number of benzene rings is 1. The van der Waals surface area contributed by atoms with E-state index in [1.165, 1.54) is 29.3 Å². The summed E-state index contributed by atoms with van der Waals surface area (Å²) in [7, 11) is 1.74. The van der Waals surface area contributed by atoms with E-state index in [4.69, 9.17) is 4.74 Å². The first kappa shape index (κ1) is 11.8. The Morgan fingerprint density at radius 2 is 2.22 bits per heavy atom. The molecule has 0 bridgehead atoms. The van der Waals surface area contributed by atoms with Gasteiger partial charge in [0.2, 0.25) is 0 Å². The van der Waals surface area contributed by atoms with Gasteiger partial charge in [0.05, 0.1) is 6.61 Å². The third-order valence-electron chi connectivity index (χ3n) is 3.54. The van der Waals surface area contributed by atoms with Crippen molar-refractivity contribution in [2.24, 2.45) is 0 Å². The van der Waals surface area contributed by atoms with Crippen LogP contribution in [0, 0.1) is 0 Å². The van der Waals surface area contributed by atoms with Crippen LogP contribution in [0.25, 0.3) is 10.9 Å². The molecular formula is C15H20N2O. The maximum Gasteiger partial charge on any atom is 0.0641 e. The van der Waals surface area contributed by atoms with Crippen LogP contribution in [0.15, 0.2) is 30.5 Å². The summed E-state index contributed by atoms with van der Waals surface area (Å²) < 4.78 is 7.38. The fraction of sp³-hybridized carbons (Fsp3) is 0.467. The van der Waals surface area contributed by atoms with Crippen LogP contribution in [0.1, 0.15) is 18.4 Å². The van der Waals surface area contributed by atoms with E-state index in [-0.39, 0.29) is 0 Å². The van der Waals surface area contributed by atoms with Crippen molar-refractivity contribution < 1.29 is 4.74 Å². The predicted molar refractivity (Wildman–Crippen MR) is 73.7 cm³/mol. The number of hydrogen-bond donors (Lipinski definition) is 1.